The molecule has 604 valence electrons. The number of H-pyrrole nitrogens is 4. The van der Waals surface area contributed by atoms with Gasteiger partial charge in [-0.15, -0.1) is 0 Å². The number of likely N-dealkylation sites (tertiary alicyclic amines) is 4. The van der Waals surface area contributed by atoms with Crippen LogP contribution in [-0.4, -0.2) is 132 Å². The Labute approximate surface area is 685 Å². The van der Waals surface area contributed by atoms with E-state index in [0.717, 1.165) is 205 Å². The lowest BCUT2D eigenvalue weighted by atomic mass is 9.87. The highest BCUT2D eigenvalue weighted by atomic mass is 35.5. The van der Waals surface area contributed by atoms with Crippen LogP contribution in [0.1, 0.15) is 172 Å². The first-order valence-corrected chi connectivity index (χ1v) is 41.0. The second-order valence-corrected chi connectivity index (χ2v) is 32.4. The molecule has 20 rings (SSSR count). The molecule has 16 nitrogen and oxygen atoms in total. The summed E-state index contributed by atoms with van der Waals surface area (Å²) in [4.78, 5) is 58.5. The predicted octanol–water partition coefficient (Wildman–Crippen LogP) is 22.6. The van der Waals surface area contributed by atoms with Gasteiger partial charge in [0.15, 0.2) is 11.6 Å². The van der Waals surface area contributed by atoms with Gasteiger partial charge < -0.3 is 19.9 Å². The van der Waals surface area contributed by atoms with Crippen molar-refractivity contribution in [2.24, 2.45) is 0 Å². The minimum absolute atomic E-state index is 0.00361. The van der Waals surface area contributed by atoms with Crippen LogP contribution in [-0.2, 0) is 0 Å². The number of halogens is 10. The van der Waals surface area contributed by atoms with Crippen molar-refractivity contribution in [2.45, 2.75) is 127 Å². The van der Waals surface area contributed by atoms with E-state index < -0.39 is 17.5 Å². The molecule has 12 heterocycles. The number of aromatic nitrogens is 12. The third-order valence-electron chi connectivity index (χ3n) is 24.6. The molecule has 16 aromatic rings. The minimum atomic E-state index is -0.893. The third kappa shape index (κ3) is 17.0. The Morgan fingerprint density at radius 2 is 0.551 bits per heavy atom. The fourth-order valence-corrected chi connectivity index (χ4v) is 18.2. The average Bonchev–Trinajstić information content (AvgIpc) is 1.27. The van der Waals surface area contributed by atoms with Gasteiger partial charge in [-0.1, -0.05) is 23.2 Å². The highest BCUT2D eigenvalue weighted by Crippen LogP contribution is 2.42. The van der Waals surface area contributed by atoms with Crippen LogP contribution in [0.15, 0.2) is 183 Å². The smallest absolute Gasteiger partial charge is 0.161 e. The summed E-state index contributed by atoms with van der Waals surface area (Å²) in [5.41, 5.74) is 13.7. The van der Waals surface area contributed by atoms with E-state index in [1.54, 1.807) is 66.9 Å². The van der Waals surface area contributed by atoms with Gasteiger partial charge in [-0.25, -0.2) is 55.1 Å². The van der Waals surface area contributed by atoms with Crippen molar-refractivity contribution in [1.29, 1.82) is 0 Å². The molecule has 4 aliphatic heterocycles. The SMILES string of the molecule is C[C@H](c1nc2cc(Cl)c(F)cc2[nH]1)N1CCC(c2ccnc3ccc(F)cc23)CC1.C[C@H](c1nc2cc(F)c(F)cc2[nH]1)N1CCC(c2ccnc3ccc(F)cc23)CC1.C[C@H](c1nc2ccc(Cl)cc2[nH]1)N1CCC(c2ccnc3ccc(F)cc23)CC1.C[C@H](c1nc2ccc(F)cc2[nH]1)N1CCC(c2ccnc3ccc(F)cc23)CC1. The van der Waals surface area contributed by atoms with Crippen LogP contribution in [0, 0.1) is 46.5 Å². The Balaban J connectivity index is 0.000000113. The van der Waals surface area contributed by atoms with Gasteiger partial charge in [-0.05, 0) is 317 Å². The van der Waals surface area contributed by atoms with Crippen molar-refractivity contribution < 1.29 is 35.1 Å². The van der Waals surface area contributed by atoms with E-state index in [1.165, 1.54) is 59.2 Å². The average molecular weight is 1640 g/mol. The van der Waals surface area contributed by atoms with Gasteiger partial charge in [0, 0.05) is 69.6 Å². The van der Waals surface area contributed by atoms with Crippen LogP contribution in [0.4, 0.5) is 35.1 Å². The molecule has 4 fully saturated rings. The van der Waals surface area contributed by atoms with Gasteiger partial charge in [0.2, 0.25) is 0 Å². The molecule has 0 aliphatic carbocycles. The summed E-state index contributed by atoms with van der Waals surface area (Å²) in [6, 6.07) is 43.2. The molecule has 0 unspecified atom stereocenters. The lowest BCUT2D eigenvalue weighted by Crippen LogP contribution is -2.35. The van der Waals surface area contributed by atoms with E-state index in [9.17, 15) is 35.1 Å². The number of hydrogen-bond acceptors (Lipinski definition) is 12. The van der Waals surface area contributed by atoms with Gasteiger partial charge in [0.1, 0.15) is 58.2 Å². The normalized spacial score (nSPS) is 17.1. The Bertz CT molecular complexity index is 5880. The van der Waals surface area contributed by atoms with Gasteiger partial charge in [-0.3, -0.25) is 39.5 Å². The lowest BCUT2D eigenvalue weighted by Gasteiger charge is -2.35. The summed E-state index contributed by atoms with van der Waals surface area (Å²) < 4.78 is 109. The maximum Gasteiger partial charge on any atom is 0.161 e. The van der Waals surface area contributed by atoms with Crippen molar-refractivity contribution in [2.75, 3.05) is 52.4 Å². The molecule has 4 saturated heterocycles. The summed E-state index contributed by atoms with van der Waals surface area (Å²) in [6.07, 6.45) is 15.1. The molecule has 8 aromatic carbocycles. The highest BCUT2D eigenvalue weighted by Gasteiger charge is 2.33. The molecule has 0 spiro atoms. The van der Waals surface area contributed by atoms with E-state index in [-0.39, 0.29) is 58.3 Å². The molecule has 118 heavy (non-hydrogen) atoms. The molecule has 4 atom stereocenters. The van der Waals surface area contributed by atoms with Crippen molar-refractivity contribution in [3.63, 3.8) is 0 Å². The Hall–Kier alpha value is -10.9. The van der Waals surface area contributed by atoms with Crippen LogP contribution in [0.3, 0.4) is 0 Å². The first-order valence-electron chi connectivity index (χ1n) is 40.3. The predicted molar refractivity (Wildman–Crippen MR) is 449 cm³/mol. The van der Waals surface area contributed by atoms with E-state index in [0.29, 0.717) is 56.6 Å². The highest BCUT2D eigenvalue weighted by molar-refractivity contribution is 6.31. The first kappa shape index (κ1) is 79.6. The molecular weight excluding hydrogens is 1550 g/mol. The Morgan fingerprint density at radius 3 is 0.890 bits per heavy atom. The first-order chi connectivity index (χ1) is 57.1. The molecular formula is C92H86Cl2F8N16. The second-order valence-electron chi connectivity index (χ2n) is 31.6. The van der Waals surface area contributed by atoms with Crippen molar-refractivity contribution in [3.8, 4) is 0 Å². The van der Waals surface area contributed by atoms with Crippen LogP contribution in [0.25, 0.3) is 87.7 Å². The summed E-state index contributed by atoms with van der Waals surface area (Å²) in [5.74, 6) is 1.44. The molecule has 0 bridgehead atoms. The zero-order chi connectivity index (χ0) is 81.6. The number of rotatable bonds is 12. The van der Waals surface area contributed by atoms with E-state index in [4.69, 9.17) is 28.2 Å². The number of hydrogen-bond donors (Lipinski definition) is 4. The van der Waals surface area contributed by atoms with Crippen LogP contribution in [0.5, 0.6) is 0 Å². The van der Waals surface area contributed by atoms with Crippen molar-refractivity contribution in [3.05, 3.63) is 285 Å². The van der Waals surface area contributed by atoms with Crippen molar-refractivity contribution in [1.82, 2.24) is 79.4 Å². The van der Waals surface area contributed by atoms with Gasteiger partial charge in [0.05, 0.1) is 95.4 Å². The van der Waals surface area contributed by atoms with Crippen LogP contribution < -0.4 is 0 Å². The Kier molecular flexibility index (Phi) is 23.1. The maximum atomic E-state index is 13.8. The number of pyridine rings is 4. The topological polar surface area (TPSA) is 179 Å². The number of nitrogens with one attached hydrogen (secondary N) is 4. The summed E-state index contributed by atoms with van der Waals surface area (Å²) >= 11 is 12.0. The van der Waals surface area contributed by atoms with Crippen molar-refractivity contribution >= 4 is 111 Å². The fraction of sp³-hybridized carbons (Fsp3) is 0.304. The molecule has 0 saturated carbocycles. The molecule has 0 amide bonds. The number of fused-ring (bicyclic) bond motifs is 8. The number of piperidine rings is 4. The number of aromatic amines is 4. The van der Waals surface area contributed by atoms with Gasteiger partial charge in [0.25, 0.3) is 0 Å². The van der Waals surface area contributed by atoms with E-state index in [2.05, 4.69) is 101 Å². The molecule has 26 heteroatoms. The maximum absolute atomic E-state index is 13.8. The zero-order valence-corrected chi connectivity index (χ0v) is 66.9. The fourth-order valence-electron chi connectivity index (χ4n) is 17.9. The molecule has 4 N–H and O–H groups in total. The standard InChI is InChI=1S/C23H21ClF2N4.C23H22ClFN4.C23H21F3N4.C23H22F2N4/c1-13(23-28-21-11-18(24)19(26)12-22(21)29-23)30-8-5-14(6-9-30)16-4-7-27-20-3-2-15(25)10-17(16)20;1-14(23-27-21-4-2-16(24)12-22(21)28-23)29-10-7-15(8-11-29)18-6-9-26-20-5-3-17(25)13-19(18)20;1-13(23-28-21-11-18(25)19(26)12-22(21)29-23)30-8-5-14(6-9-30)16-4-7-27-20-3-2-15(24)10-17(16)20;1-14(23-27-21-5-3-17(25)13-22(21)28-23)29-10-7-15(8-11-29)18-6-9-26-20-4-2-16(24)12-19(18)20/h2-4,7,10-14H,5-6,8-9H2,1H3,(H,28,29);2-6,9,12-15H,7-8,10-11H2,1H3,(H,27,28);2-4,7,10-14H,5-6,8-9H2,1H3,(H,28,29);2-6,9,12-15H,7-8,10-11H2,1H3,(H,27,28)/t13-;14-;13-;14-/m1111/s1. The largest absolute Gasteiger partial charge is 0.341 e. The number of benzene rings is 8. The Morgan fingerprint density at radius 1 is 0.288 bits per heavy atom. The zero-order valence-electron chi connectivity index (χ0n) is 65.4. The van der Waals surface area contributed by atoms with Gasteiger partial charge >= 0.3 is 0 Å². The lowest BCUT2D eigenvalue weighted by molar-refractivity contribution is 0.158. The quantitative estimate of drug-likeness (QED) is 0.0852. The molecule has 0 radical (unpaired) electrons. The minimum Gasteiger partial charge on any atom is -0.341 e. The third-order valence-corrected chi connectivity index (χ3v) is 25.1. The molecule has 8 aromatic heterocycles. The number of nitrogens with zero attached hydrogens (tertiary/aromatic N) is 12. The monoisotopic (exact) mass is 1640 g/mol. The molecule has 4 aliphatic rings. The second kappa shape index (κ2) is 34.2. The summed E-state index contributed by atoms with van der Waals surface area (Å²) in [6.45, 7) is 15.8. The van der Waals surface area contributed by atoms with E-state index >= 15 is 0 Å². The van der Waals surface area contributed by atoms with E-state index in [1.807, 2.05) is 61.9 Å². The van der Waals surface area contributed by atoms with Crippen LogP contribution >= 0.6 is 23.2 Å². The summed E-state index contributed by atoms with van der Waals surface area (Å²) in [5, 5.41) is 4.43. The number of imidazole rings is 4. The van der Waals surface area contributed by atoms with Crippen LogP contribution in [0.2, 0.25) is 10.0 Å². The summed E-state index contributed by atoms with van der Waals surface area (Å²) in [7, 11) is 0. The van der Waals surface area contributed by atoms with Gasteiger partial charge in [-0.2, -0.15) is 0 Å².